The molecule has 15 nitrogen and oxygen atoms in total. The van der Waals surface area contributed by atoms with E-state index in [0.29, 0.717) is 5.56 Å². The quantitative estimate of drug-likeness (QED) is 0.0771. The van der Waals surface area contributed by atoms with Gasteiger partial charge >= 0.3 is 5.97 Å². The number of fused-ring (bicyclic) bond motifs is 1. The maximum Gasteiger partial charge on any atom is 0.330 e. The molecule has 1 aromatic heterocycles. The molecule has 5 rings (SSSR count). The zero-order valence-corrected chi connectivity index (χ0v) is 23.8. The first-order valence-corrected chi connectivity index (χ1v) is 13.5. The number of benzene rings is 3. The van der Waals surface area contributed by atoms with Crippen molar-refractivity contribution >= 4 is 23.0 Å². The van der Waals surface area contributed by atoms with Gasteiger partial charge in [0.15, 0.2) is 28.8 Å². The van der Waals surface area contributed by atoms with Crippen molar-refractivity contribution in [2.45, 2.75) is 30.7 Å². The van der Waals surface area contributed by atoms with Crippen LogP contribution in [0.15, 0.2) is 63.8 Å². The van der Waals surface area contributed by atoms with Crippen molar-refractivity contribution in [1.29, 1.82) is 0 Å². The van der Waals surface area contributed by atoms with E-state index in [1.54, 1.807) is 12.1 Å². The molecule has 5 atom stereocenters. The zero-order valence-electron chi connectivity index (χ0n) is 23.8. The van der Waals surface area contributed by atoms with Crippen LogP contribution in [-0.4, -0.2) is 91.2 Å². The number of ether oxygens (including phenoxy) is 4. The van der Waals surface area contributed by atoms with Gasteiger partial charge in [0.05, 0.1) is 7.11 Å². The summed E-state index contributed by atoms with van der Waals surface area (Å²) in [7, 11) is 1.13. The van der Waals surface area contributed by atoms with Gasteiger partial charge in [-0.2, -0.15) is 0 Å². The smallest absolute Gasteiger partial charge is 0.330 e. The minimum Gasteiger partial charge on any atom is -0.508 e. The molecule has 0 radical (unpaired) electrons. The average molecular weight is 641 g/mol. The van der Waals surface area contributed by atoms with Crippen molar-refractivity contribution in [2.24, 2.45) is 0 Å². The Morgan fingerprint density at radius 2 is 1.59 bits per heavy atom. The minimum atomic E-state index is -1.98. The van der Waals surface area contributed by atoms with E-state index in [2.05, 4.69) is 0 Å². The highest BCUT2D eigenvalue weighted by molar-refractivity contribution is 5.91. The highest BCUT2D eigenvalue weighted by Gasteiger charge is 2.46. The van der Waals surface area contributed by atoms with Crippen LogP contribution in [0.5, 0.6) is 40.2 Å². The number of hydrogen-bond acceptors (Lipinski definition) is 15. The average Bonchev–Trinajstić information content (AvgIpc) is 3.02. The third-order valence-corrected chi connectivity index (χ3v) is 7.09. The number of carbonyl (C=O) groups is 1. The number of hydrogen-bond donors (Lipinski definition) is 8. The summed E-state index contributed by atoms with van der Waals surface area (Å²) in [4.78, 5) is 26.1. The molecule has 2 heterocycles. The molecule has 15 heteroatoms. The molecular weight excluding hydrogens is 612 g/mol. The number of phenols is 5. The first-order valence-electron chi connectivity index (χ1n) is 13.5. The number of esters is 1. The molecule has 4 aromatic rings. The number of methoxy groups -OCH3 is 1. The van der Waals surface area contributed by atoms with Gasteiger partial charge in [0.1, 0.15) is 47.7 Å². The molecule has 3 aromatic carbocycles. The Bertz CT molecular complexity index is 1850. The van der Waals surface area contributed by atoms with Crippen molar-refractivity contribution in [3.05, 3.63) is 70.4 Å². The van der Waals surface area contributed by atoms with Crippen molar-refractivity contribution < 1.29 is 69.0 Å². The molecular formula is C31H28O15. The van der Waals surface area contributed by atoms with Gasteiger partial charge in [-0.15, -0.1) is 0 Å². The first-order chi connectivity index (χ1) is 21.9. The molecule has 8 N–H and O–H groups in total. The lowest BCUT2D eigenvalue weighted by molar-refractivity contribution is -0.278. The topological polar surface area (TPSA) is 246 Å². The van der Waals surface area contributed by atoms with Gasteiger partial charge in [-0.3, -0.25) is 4.79 Å². The summed E-state index contributed by atoms with van der Waals surface area (Å²) in [6, 6.07) is 10.2. The lowest BCUT2D eigenvalue weighted by Gasteiger charge is -2.39. The molecule has 1 fully saturated rings. The predicted octanol–water partition coefficient (Wildman–Crippen LogP) is 1.44. The fourth-order valence-corrected chi connectivity index (χ4v) is 4.68. The van der Waals surface area contributed by atoms with E-state index in [0.717, 1.165) is 31.4 Å². The van der Waals surface area contributed by atoms with Crippen LogP contribution in [0.1, 0.15) is 5.56 Å². The van der Waals surface area contributed by atoms with Crippen LogP contribution < -0.4 is 14.9 Å². The van der Waals surface area contributed by atoms with Crippen LogP contribution in [-0.2, 0) is 14.3 Å². The summed E-state index contributed by atoms with van der Waals surface area (Å²) in [5.41, 5.74) is -0.891. The lowest BCUT2D eigenvalue weighted by Crippen LogP contribution is -2.60. The third-order valence-electron chi connectivity index (χ3n) is 7.09. The fraction of sp³-hybridized carbons (Fsp3) is 0.226. The molecule has 0 aliphatic carbocycles. The summed E-state index contributed by atoms with van der Waals surface area (Å²) >= 11 is 0. The van der Waals surface area contributed by atoms with Crippen molar-refractivity contribution in [3.63, 3.8) is 0 Å². The van der Waals surface area contributed by atoms with Gasteiger partial charge in [0, 0.05) is 17.7 Å². The number of aromatic hydroxyl groups is 5. The number of phenolic OH excluding ortho intramolecular Hbond substituents is 5. The third kappa shape index (κ3) is 6.20. The normalized spacial score (nSPS) is 21.3. The van der Waals surface area contributed by atoms with Gasteiger partial charge in [-0.05, 0) is 42.0 Å². The van der Waals surface area contributed by atoms with Gasteiger partial charge in [0.2, 0.25) is 23.2 Å². The van der Waals surface area contributed by atoms with E-state index in [9.17, 15) is 50.4 Å². The van der Waals surface area contributed by atoms with E-state index < -0.39 is 94.4 Å². The zero-order chi connectivity index (χ0) is 33.3. The Hall–Kier alpha value is -5.48. The first kappa shape index (κ1) is 31.9. The van der Waals surface area contributed by atoms with Crippen LogP contribution in [0.4, 0.5) is 0 Å². The van der Waals surface area contributed by atoms with Crippen LogP contribution in [0.3, 0.4) is 0 Å². The molecule has 242 valence electrons. The van der Waals surface area contributed by atoms with Crippen LogP contribution in [0, 0.1) is 0 Å². The van der Waals surface area contributed by atoms with E-state index in [-0.39, 0.29) is 16.9 Å². The molecule has 0 saturated carbocycles. The summed E-state index contributed by atoms with van der Waals surface area (Å²) in [5.74, 6) is -4.95. The van der Waals surface area contributed by atoms with Gasteiger partial charge in [-0.1, -0.05) is 12.1 Å². The maximum absolute atomic E-state index is 13.8. The van der Waals surface area contributed by atoms with E-state index in [4.69, 9.17) is 23.4 Å². The molecule has 1 aliphatic heterocycles. The van der Waals surface area contributed by atoms with E-state index >= 15 is 0 Å². The van der Waals surface area contributed by atoms with Crippen molar-refractivity contribution in [1.82, 2.24) is 0 Å². The number of aliphatic hydroxyl groups excluding tert-OH is 3. The summed E-state index contributed by atoms with van der Waals surface area (Å²) in [5, 5.41) is 81.5. The Morgan fingerprint density at radius 1 is 0.870 bits per heavy atom. The lowest BCUT2D eigenvalue weighted by atomic mass is 9.99. The molecule has 0 amide bonds. The number of rotatable bonds is 8. The fourth-order valence-electron chi connectivity index (χ4n) is 4.68. The Kier molecular flexibility index (Phi) is 8.93. The monoisotopic (exact) mass is 640 g/mol. The minimum absolute atomic E-state index is 0.0336. The second-order valence-corrected chi connectivity index (χ2v) is 10.1. The second kappa shape index (κ2) is 12.9. The predicted molar refractivity (Wildman–Crippen MR) is 157 cm³/mol. The standard InChI is InChI=1S/C31H28O15/c1-42-29-18(35)11-19-22(24(29)38)25(39)30(28(44-19)14-5-8-16(33)17(34)10-14)46-31-27(41)26(40)23(37)20(45-31)12-43-21(36)9-4-13-2-6-15(32)7-3-13/h2-11,20,23,26-27,31-35,37-38,40-41H,12H2,1H3/b9-4+/t20-,23-,26+,27-,31+/m1/s1. The van der Waals surface area contributed by atoms with E-state index in [1.165, 1.54) is 24.3 Å². The van der Waals surface area contributed by atoms with Gasteiger partial charge < -0.3 is 64.2 Å². The Balaban J connectivity index is 1.47. The molecule has 46 heavy (non-hydrogen) atoms. The Morgan fingerprint density at radius 3 is 2.26 bits per heavy atom. The van der Waals surface area contributed by atoms with Crippen molar-refractivity contribution in [2.75, 3.05) is 13.7 Å². The van der Waals surface area contributed by atoms with Crippen LogP contribution in [0.2, 0.25) is 0 Å². The summed E-state index contributed by atoms with van der Waals surface area (Å²) in [6.45, 7) is -0.633. The molecule has 0 spiro atoms. The summed E-state index contributed by atoms with van der Waals surface area (Å²) in [6.07, 6.45) is -6.59. The molecule has 0 bridgehead atoms. The summed E-state index contributed by atoms with van der Waals surface area (Å²) < 4.78 is 27.2. The highest BCUT2D eigenvalue weighted by atomic mass is 16.7. The van der Waals surface area contributed by atoms with Crippen LogP contribution in [0.25, 0.3) is 28.4 Å². The maximum atomic E-state index is 13.8. The van der Waals surface area contributed by atoms with Gasteiger partial charge in [0.25, 0.3) is 0 Å². The number of carbonyl (C=O) groups excluding carboxylic acids is 1. The molecule has 1 aliphatic rings. The second-order valence-electron chi connectivity index (χ2n) is 10.1. The van der Waals surface area contributed by atoms with Gasteiger partial charge in [-0.25, -0.2) is 4.79 Å². The largest absolute Gasteiger partial charge is 0.508 e. The highest BCUT2D eigenvalue weighted by Crippen LogP contribution is 2.44. The molecule has 0 unspecified atom stereocenters. The number of aliphatic hydroxyl groups is 3. The SMILES string of the molecule is COc1c(O)cc2oc(-c3ccc(O)c(O)c3)c(O[C@@H]3O[C@H](COC(=O)/C=C/c4ccc(O)cc4)[C@@H](O)[C@H](O)[C@H]3O)c(=O)c2c1O. The Labute approximate surface area is 258 Å². The van der Waals surface area contributed by atoms with E-state index in [1.807, 2.05) is 0 Å². The molecule has 1 saturated heterocycles. The van der Waals surface area contributed by atoms with Crippen molar-refractivity contribution in [3.8, 4) is 51.6 Å². The van der Waals surface area contributed by atoms with Crippen LogP contribution >= 0.6 is 0 Å².